The Morgan fingerprint density at radius 2 is 1.82 bits per heavy atom. The van der Waals surface area contributed by atoms with E-state index in [2.05, 4.69) is 5.32 Å². The Hall–Kier alpha value is -0.670. The summed E-state index contributed by atoms with van der Waals surface area (Å²) in [5, 5.41) is 3.43. The van der Waals surface area contributed by atoms with Crippen LogP contribution in [0.5, 0.6) is 0 Å². The number of rotatable bonds is 3. The van der Waals surface area contributed by atoms with Crippen LogP contribution >= 0.6 is 12.4 Å². The molecular formula is C13H18ClF2N. The van der Waals surface area contributed by atoms with Gasteiger partial charge in [-0.1, -0.05) is 6.42 Å². The van der Waals surface area contributed by atoms with Crippen molar-refractivity contribution in [2.24, 2.45) is 0 Å². The number of nitrogens with one attached hydrogen (secondary N) is 1. The fourth-order valence-electron chi connectivity index (χ4n) is 2.27. The van der Waals surface area contributed by atoms with E-state index in [0.29, 0.717) is 6.04 Å². The number of halogens is 3. The van der Waals surface area contributed by atoms with Crippen molar-refractivity contribution in [3.8, 4) is 0 Å². The van der Waals surface area contributed by atoms with Crippen molar-refractivity contribution >= 4 is 12.4 Å². The molecule has 0 aliphatic carbocycles. The Balaban J connectivity index is 0.00000144. The zero-order chi connectivity index (χ0) is 11.4. The van der Waals surface area contributed by atoms with Gasteiger partial charge >= 0.3 is 0 Å². The molecule has 0 saturated carbocycles. The summed E-state index contributed by atoms with van der Waals surface area (Å²) in [4.78, 5) is 0. The number of hydrogen-bond donors (Lipinski definition) is 1. The van der Waals surface area contributed by atoms with Crippen LogP contribution < -0.4 is 5.32 Å². The first-order chi connectivity index (χ1) is 7.74. The molecule has 1 aromatic rings. The van der Waals surface area contributed by atoms with E-state index in [1.165, 1.54) is 31.4 Å². The second-order valence-corrected chi connectivity index (χ2v) is 4.46. The number of benzene rings is 1. The van der Waals surface area contributed by atoms with E-state index in [4.69, 9.17) is 0 Å². The predicted octanol–water partition coefficient (Wildman–Crippen LogP) is 3.46. The van der Waals surface area contributed by atoms with Crippen LogP contribution in [0.1, 0.15) is 31.2 Å². The van der Waals surface area contributed by atoms with Crippen molar-refractivity contribution in [2.45, 2.75) is 38.1 Å². The van der Waals surface area contributed by atoms with Gasteiger partial charge in [-0.3, -0.25) is 0 Å². The molecule has 17 heavy (non-hydrogen) atoms. The van der Waals surface area contributed by atoms with Gasteiger partial charge in [-0.25, -0.2) is 8.78 Å². The van der Waals surface area contributed by atoms with E-state index in [0.717, 1.165) is 31.0 Å². The quantitative estimate of drug-likeness (QED) is 0.879. The molecule has 1 nitrogen and oxygen atoms in total. The average molecular weight is 262 g/mol. The number of piperidine rings is 1. The van der Waals surface area contributed by atoms with Crippen molar-refractivity contribution in [1.82, 2.24) is 5.32 Å². The lowest BCUT2D eigenvalue weighted by atomic mass is 9.98. The molecular weight excluding hydrogens is 244 g/mol. The highest BCUT2D eigenvalue weighted by Crippen LogP contribution is 2.15. The summed E-state index contributed by atoms with van der Waals surface area (Å²) in [6, 6.07) is 4.28. The van der Waals surface area contributed by atoms with Crippen molar-refractivity contribution < 1.29 is 8.78 Å². The lowest BCUT2D eigenvalue weighted by Gasteiger charge is -2.23. The van der Waals surface area contributed by atoms with Crippen LogP contribution in [-0.4, -0.2) is 12.6 Å². The molecule has 0 aromatic heterocycles. The molecule has 1 aliphatic heterocycles. The maximum Gasteiger partial charge on any atom is 0.126 e. The molecule has 0 amide bonds. The van der Waals surface area contributed by atoms with Crippen LogP contribution in [-0.2, 0) is 6.42 Å². The van der Waals surface area contributed by atoms with Gasteiger partial charge < -0.3 is 5.32 Å². The topological polar surface area (TPSA) is 12.0 Å². The molecule has 0 bridgehead atoms. The zero-order valence-electron chi connectivity index (χ0n) is 9.72. The van der Waals surface area contributed by atoms with E-state index in [1.54, 1.807) is 0 Å². The predicted molar refractivity (Wildman–Crippen MR) is 67.6 cm³/mol. The van der Waals surface area contributed by atoms with Gasteiger partial charge in [-0.2, -0.15) is 0 Å². The first-order valence-corrected chi connectivity index (χ1v) is 5.92. The molecule has 1 fully saturated rings. The third-order valence-electron chi connectivity index (χ3n) is 3.12. The van der Waals surface area contributed by atoms with Crippen LogP contribution in [0, 0.1) is 11.6 Å². The van der Waals surface area contributed by atoms with Crippen molar-refractivity contribution in [1.29, 1.82) is 0 Å². The smallest absolute Gasteiger partial charge is 0.126 e. The second-order valence-electron chi connectivity index (χ2n) is 4.46. The monoisotopic (exact) mass is 261 g/mol. The Bertz CT molecular complexity index is 331. The third kappa shape index (κ3) is 4.60. The SMILES string of the molecule is Cl.Fc1cc(F)cc(CCC2CCCCN2)c1. The molecule has 1 atom stereocenters. The summed E-state index contributed by atoms with van der Waals surface area (Å²) in [7, 11) is 0. The molecule has 0 spiro atoms. The lowest BCUT2D eigenvalue weighted by molar-refractivity contribution is 0.382. The highest BCUT2D eigenvalue weighted by molar-refractivity contribution is 5.85. The van der Waals surface area contributed by atoms with Crippen molar-refractivity contribution in [2.75, 3.05) is 6.54 Å². The van der Waals surface area contributed by atoms with Crippen LogP contribution in [0.25, 0.3) is 0 Å². The van der Waals surface area contributed by atoms with E-state index in [-0.39, 0.29) is 12.4 Å². The standard InChI is InChI=1S/C13H17F2N.ClH/c14-11-7-10(8-12(15)9-11)4-5-13-3-1-2-6-16-13;/h7-9,13,16H,1-6H2;1H. The Morgan fingerprint density at radius 3 is 2.41 bits per heavy atom. The van der Waals surface area contributed by atoms with E-state index in [1.807, 2.05) is 0 Å². The third-order valence-corrected chi connectivity index (χ3v) is 3.12. The lowest BCUT2D eigenvalue weighted by Crippen LogP contribution is -2.34. The average Bonchev–Trinajstić information content (AvgIpc) is 2.27. The van der Waals surface area contributed by atoms with Gasteiger partial charge in [0.05, 0.1) is 0 Å². The van der Waals surface area contributed by atoms with Crippen LogP contribution in [0.3, 0.4) is 0 Å². The molecule has 1 aliphatic rings. The molecule has 1 N–H and O–H groups in total. The first kappa shape index (κ1) is 14.4. The zero-order valence-corrected chi connectivity index (χ0v) is 10.5. The minimum atomic E-state index is -0.480. The fraction of sp³-hybridized carbons (Fsp3) is 0.538. The van der Waals surface area contributed by atoms with E-state index < -0.39 is 11.6 Å². The first-order valence-electron chi connectivity index (χ1n) is 5.92. The summed E-state index contributed by atoms with van der Waals surface area (Å²) >= 11 is 0. The van der Waals surface area contributed by atoms with Gasteiger partial charge in [0.25, 0.3) is 0 Å². The van der Waals surface area contributed by atoms with Gasteiger partial charge in [0.1, 0.15) is 11.6 Å². The van der Waals surface area contributed by atoms with Crippen molar-refractivity contribution in [3.63, 3.8) is 0 Å². The summed E-state index contributed by atoms with van der Waals surface area (Å²) in [5.74, 6) is -0.960. The fourth-order valence-corrected chi connectivity index (χ4v) is 2.27. The highest BCUT2D eigenvalue weighted by atomic mass is 35.5. The van der Waals surface area contributed by atoms with Crippen LogP contribution in [0.2, 0.25) is 0 Å². The normalized spacial score (nSPS) is 19.8. The molecule has 1 heterocycles. The van der Waals surface area contributed by atoms with Crippen LogP contribution in [0.15, 0.2) is 18.2 Å². The minimum Gasteiger partial charge on any atom is -0.314 e. The Morgan fingerprint density at radius 1 is 1.12 bits per heavy atom. The largest absolute Gasteiger partial charge is 0.314 e. The van der Waals surface area contributed by atoms with Gasteiger partial charge in [0, 0.05) is 12.1 Å². The van der Waals surface area contributed by atoms with E-state index >= 15 is 0 Å². The molecule has 0 radical (unpaired) electrons. The summed E-state index contributed by atoms with van der Waals surface area (Å²) < 4.78 is 25.9. The second kappa shape index (κ2) is 6.92. The maximum absolute atomic E-state index is 12.9. The summed E-state index contributed by atoms with van der Waals surface area (Å²) in [6.07, 6.45) is 5.38. The molecule has 4 heteroatoms. The molecule has 1 unspecified atom stereocenters. The Kier molecular flexibility index (Phi) is 5.86. The van der Waals surface area contributed by atoms with Gasteiger partial charge in [-0.15, -0.1) is 12.4 Å². The Labute approximate surface area is 107 Å². The molecule has 2 rings (SSSR count). The number of aryl methyl sites for hydroxylation is 1. The van der Waals surface area contributed by atoms with Gasteiger partial charge in [0.2, 0.25) is 0 Å². The van der Waals surface area contributed by atoms with Gasteiger partial charge in [0.15, 0.2) is 0 Å². The number of hydrogen-bond acceptors (Lipinski definition) is 1. The van der Waals surface area contributed by atoms with Crippen LogP contribution in [0.4, 0.5) is 8.78 Å². The highest BCUT2D eigenvalue weighted by Gasteiger charge is 2.12. The minimum absolute atomic E-state index is 0. The van der Waals surface area contributed by atoms with Crippen molar-refractivity contribution in [3.05, 3.63) is 35.4 Å². The summed E-state index contributed by atoms with van der Waals surface area (Å²) in [5.41, 5.74) is 0.755. The maximum atomic E-state index is 12.9. The molecule has 1 saturated heterocycles. The summed E-state index contributed by atoms with van der Waals surface area (Å²) in [6.45, 7) is 1.07. The molecule has 1 aromatic carbocycles. The van der Waals surface area contributed by atoms with E-state index in [9.17, 15) is 8.78 Å². The molecule has 96 valence electrons. The van der Waals surface area contributed by atoms with Gasteiger partial charge in [-0.05, 0) is 49.9 Å².